The molecule has 1 aliphatic rings. The van der Waals surface area contributed by atoms with Crippen LogP contribution in [0.15, 0.2) is 17.2 Å². The first kappa shape index (κ1) is 16.5. The summed E-state index contributed by atoms with van der Waals surface area (Å²) in [6.07, 6.45) is 6.75. The molecule has 1 aliphatic heterocycles. The standard InChI is InChI=1S/C15H27N3O2S/c1-3-7-13-8-5-6-9-18(13)21(19,20)15-10-14(11-16)17(4-2)12-15/h10,12-13H,3-9,11,16H2,1-2H3. The van der Waals surface area contributed by atoms with Crippen LogP contribution in [-0.2, 0) is 23.1 Å². The number of piperidine rings is 1. The van der Waals surface area contributed by atoms with Crippen LogP contribution in [-0.4, -0.2) is 29.9 Å². The van der Waals surface area contributed by atoms with Gasteiger partial charge in [0, 0.05) is 37.6 Å². The predicted octanol–water partition coefficient (Wildman–Crippen LogP) is 2.31. The fraction of sp³-hybridized carbons (Fsp3) is 0.733. The van der Waals surface area contributed by atoms with Gasteiger partial charge in [0.1, 0.15) is 4.90 Å². The lowest BCUT2D eigenvalue weighted by molar-refractivity contribution is 0.239. The minimum atomic E-state index is -3.40. The lowest BCUT2D eigenvalue weighted by atomic mass is 10.0. The van der Waals surface area contributed by atoms with Crippen molar-refractivity contribution in [2.45, 2.75) is 70.0 Å². The molecule has 0 amide bonds. The number of hydrogen-bond acceptors (Lipinski definition) is 3. The van der Waals surface area contributed by atoms with Crippen LogP contribution in [0.5, 0.6) is 0 Å². The van der Waals surface area contributed by atoms with E-state index in [0.717, 1.165) is 44.3 Å². The highest BCUT2D eigenvalue weighted by Crippen LogP contribution is 2.28. The predicted molar refractivity (Wildman–Crippen MR) is 84.4 cm³/mol. The van der Waals surface area contributed by atoms with Crippen LogP contribution in [0.4, 0.5) is 0 Å². The quantitative estimate of drug-likeness (QED) is 0.876. The molecule has 0 aromatic carbocycles. The number of hydrogen-bond donors (Lipinski definition) is 1. The third-order valence-electron chi connectivity index (χ3n) is 4.31. The third-order valence-corrected chi connectivity index (χ3v) is 6.23. The first-order valence-electron chi connectivity index (χ1n) is 7.95. The van der Waals surface area contributed by atoms with E-state index in [9.17, 15) is 8.42 Å². The monoisotopic (exact) mass is 313 g/mol. The molecular weight excluding hydrogens is 286 g/mol. The summed E-state index contributed by atoms with van der Waals surface area (Å²) in [4.78, 5) is 0.396. The molecule has 0 bridgehead atoms. The first-order chi connectivity index (χ1) is 10.0. The van der Waals surface area contributed by atoms with Crippen molar-refractivity contribution in [1.82, 2.24) is 8.87 Å². The molecule has 1 aromatic rings. The van der Waals surface area contributed by atoms with Crippen LogP contribution in [0.2, 0.25) is 0 Å². The Morgan fingerprint density at radius 3 is 2.67 bits per heavy atom. The van der Waals surface area contributed by atoms with E-state index < -0.39 is 10.0 Å². The minimum Gasteiger partial charge on any atom is -0.349 e. The third kappa shape index (κ3) is 3.33. The van der Waals surface area contributed by atoms with Gasteiger partial charge in [0.05, 0.1) is 0 Å². The molecule has 0 radical (unpaired) electrons. The maximum Gasteiger partial charge on any atom is 0.244 e. The molecule has 2 N–H and O–H groups in total. The molecule has 6 heteroatoms. The summed E-state index contributed by atoms with van der Waals surface area (Å²) in [6.45, 7) is 5.85. The van der Waals surface area contributed by atoms with Gasteiger partial charge in [-0.25, -0.2) is 8.42 Å². The molecule has 1 saturated heterocycles. The lowest BCUT2D eigenvalue weighted by Gasteiger charge is -2.34. The number of rotatable bonds is 6. The second kappa shape index (κ2) is 6.94. The molecule has 0 saturated carbocycles. The highest BCUT2D eigenvalue weighted by atomic mass is 32.2. The summed E-state index contributed by atoms with van der Waals surface area (Å²) in [5.74, 6) is 0. The second-order valence-corrected chi connectivity index (χ2v) is 7.60. The highest BCUT2D eigenvalue weighted by Gasteiger charge is 2.33. The average Bonchev–Trinajstić information content (AvgIpc) is 2.92. The number of sulfonamides is 1. The summed E-state index contributed by atoms with van der Waals surface area (Å²) in [7, 11) is -3.40. The van der Waals surface area contributed by atoms with Crippen molar-refractivity contribution in [3.63, 3.8) is 0 Å². The second-order valence-electron chi connectivity index (χ2n) is 5.71. The van der Waals surface area contributed by atoms with Crippen molar-refractivity contribution in [1.29, 1.82) is 0 Å². The minimum absolute atomic E-state index is 0.153. The Hall–Kier alpha value is -0.850. The van der Waals surface area contributed by atoms with Crippen LogP contribution in [0.3, 0.4) is 0 Å². The maximum absolute atomic E-state index is 12.9. The summed E-state index contributed by atoms with van der Waals surface area (Å²) in [5, 5.41) is 0. The molecule has 0 aliphatic carbocycles. The van der Waals surface area contributed by atoms with Gasteiger partial charge in [-0.05, 0) is 32.3 Å². The zero-order valence-electron chi connectivity index (χ0n) is 13.1. The number of nitrogens with two attached hydrogens (primary N) is 1. The van der Waals surface area contributed by atoms with Gasteiger partial charge in [0.25, 0.3) is 0 Å². The van der Waals surface area contributed by atoms with Gasteiger partial charge >= 0.3 is 0 Å². The molecule has 120 valence electrons. The van der Waals surface area contributed by atoms with E-state index in [4.69, 9.17) is 5.73 Å². The van der Waals surface area contributed by atoms with Crippen LogP contribution >= 0.6 is 0 Å². The molecule has 5 nitrogen and oxygen atoms in total. The van der Waals surface area contributed by atoms with E-state index in [1.165, 1.54) is 0 Å². The molecule has 2 rings (SSSR count). The van der Waals surface area contributed by atoms with Crippen molar-refractivity contribution in [2.24, 2.45) is 5.73 Å². The van der Waals surface area contributed by atoms with Crippen LogP contribution < -0.4 is 5.73 Å². The Labute approximate surface area is 128 Å². The molecule has 1 aromatic heterocycles. The summed E-state index contributed by atoms with van der Waals surface area (Å²) >= 11 is 0. The van der Waals surface area contributed by atoms with Gasteiger partial charge in [-0.15, -0.1) is 0 Å². The van der Waals surface area contributed by atoms with Gasteiger partial charge in [0.15, 0.2) is 0 Å². The van der Waals surface area contributed by atoms with E-state index in [1.807, 2.05) is 11.5 Å². The zero-order chi connectivity index (χ0) is 15.5. The lowest BCUT2D eigenvalue weighted by Crippen LogP contribution is -2.43. The Bertz CT molecular complexity index is 542. The molecule has 1 unspecified atom stereocenters. The molecular formula is C15H27N3O2S. The van der Waals surface area contributed by atoms with E-state index in [2.05, 4.69) is 6.92 Å². The molecule has 21 heavy (non-hydrogen) atoms. The molecule has 1 atom stereocenters. The van der Waals surface area contributed by atoms with E-state index in [0.29, 0.717) is 18.0 Å². The normalized spacial score (nSPS) is 20.8. The largest absolute Gasteiger partial charge is 0.349 e. The number of aryl methyl sites for hydroxylation is 1. The van der Waals surface area contributed by atoms with Crippen molar-refractivity contribution >= 4 is 10.0 Å². The van der Waals surface area contributed by atoms with Gasteiger partial charge < -0.3 is 10.3 Å². The maximum atomic E-state index is 12.9. The highest BCUT2D eigenvalue weighted by molar-refractivity contribution is 7.89. The topological polar surface area (TPSA) is 68.3 Å². The van der Waals surface area contributed by atoms with Gasteiger partial charge in [-0.2, -0.15) is 4.31 Å². The van der Waals surface area contributed by atoms with Crippen molar-refractivity contribution in [3.05, 3.63) is 18.0 Å². The zero-order valence-corrected chi connectivity index (χ0v) is 13.9. The summed E-state index contributed by atoms with van der Waals surface area (Å²) in [5.41, 5.74) is 6.58. The molecule has 1 fully saturated rings. The van der Waals surface area contributed by atoms with Gasteiger partial charge in [0.2, 0.25) is 10.0 Å². The van der Waals surface area contributed by atoms with Crippen LogP contribution in [0, 0.1) is 0 Å². The molecule has 0 spiro atoms. The van der Waals surface area contributed by atoms with Crippen LogP contribution in [0.25, 0.3) is 0 Å². The Kier molecular flexibility index (Phi) is 5.46. The summed E-state index contributed by atoms with van der Waals surface area (Å²) < 4.78 is 29.5. The van der Waals surface area contributed by atoms with Crippen LogP contribution in [0.1, 0.15) is 51.6 Å². The van der Waals surface area contributed by atoms with Crippen molar-refractivity contribution in [3.8, 4) is 0 Å². The van der Waals surface area contributed by atoms with E-state index >= 15 is 0 Å². The summed E-state index contributed by atoms with van der Waals surface area (Å²) in [6, 6.07) is 1.89. The number of aromatic nitrogens is 1. The van der Waals surface area contributed by atoms with E-state index in [-0.39, 0.29) is 6.04 Å². The Balaban J connectivity index is 2.33. The average molecular weight is 313 g/mol. The van der Waals surface area contributed by atoms with E-state index in [1.54, 1.807) is 16.6 Å². The van der Waals surface area contributed by atoms with Crippen molar-refractivity contribution < 1.29 is 8.42 Å². The Morgan fingerprint density at radius 2 is 2.10 bits per heavy atom. The fourth-order valence-electron chi connectivity index (χ4n) is 3.18. The first-order valence-corrected chi connectivity index (χ1v) is 9.39. The number of nitrogens with zero attached hydrogens (tertiary/aromatic N) is 2. The smallest absolute Gasteiger partial charge is 0.244 e. The SMILES string of the molecule is CCCC1CCCCN1S(=O)(=O)c1cc(CN)n(CC)c1. The van der Waals surface area contributed by atoms with Gasteiger partial charge in [-0.3, -0.25) is 0 Å². The van der Waals surface area contributed by atoms with Crippen molar-refractivity contribution in [2.75, 3.05) is 6.54 Å². The fourth-order valence-corrected chi connectivity index (χ4v) is 4.97. The van der Waals surface area contributed by atoms with Gasteiger partial charge in [-0.1, -0.05) is 19.8 Å². The molecule has 2 heterocycles. The Morgan fingerprint density at radius 1 is 1.33 bits per heavy atom.